The Balaban J connectivity index is -0.000000998. The van der Waals surface area contributed by atoms with Crippen molar-refractivity contribution >= 4 is 29.8 Å². The van der Waals surface area contributed by atoms with Gasteiger partial charge in [-0.2, -0.15) is 26.3 Å². The predicted octanol–water partition coefficient (Wildman–Crippen LogP) is 8.80. The third kappa shape index (κ3) is 30.0. The van der Waals surface area contributed by atoms with E-state index in [4.69, 9.17) is 28.8 Å². The third-order valence-corrected chi connectivity index (χ3v) is 9.95. The fraction of sp³-hybridized carbons (Fsp3) is 0.364. The molecule has 0 aromatic heterocycles. The average molecular weight is 1210 g/mol. The van der Waals surface area contributed by atoms with Crippen LogP contribution < -0.4 is 9.47 Å². The van der Waals surface area contributed by atoms with Crippen LogP contribution in [-0.2, 0) is 69.0 Å². The fourth-order valence-electron chi connectivity index (χ4n) is 5.97. The molecule has 0 saturated carbocycles. The van der Waals surface area contributed by atoms with Gasteiger partial charge < -0.3 is 54.0 Å². The van der Waals surface area contributed by atoms with Gasteiger partial charge in [-0.25, -0.2) is 24.0 Å². The summed E-state index contributed by atoms with van der Waals surface area (Å²) in [5, 5.41) is 49.6. The smallest absolute Gasteiger partial charge is 0.491 e. The second-order valence-electron chi connectivity index (χ2n) is 16.7. The Morgan fingerprint density at radius 3 is 1.10 bits per heavy atom. The maximum atomic E-state index is 11.7. The van der Waals surface area contributed by atoms with E-state index < -0.39 is 65.1 Å². The van der Waals surface area contributed by atoms with E-state index in [0.29, 0.717) is 24.5 Å². The van der Waals surface area contributed by atoms with E-state index in [1.165, 1.54) is 32.9 Å². The second kappa shape index (κ2) is 38.9. The minimum absolute atomic E-state index is 0. The quantitative estimate of drug-likeness (QED) is 0.0238. The number of hydrogen-bond acceptors (Lipinski definition) is 16. The van der Waals surface area contributed by atoms with Crippen LogP contribution in [0, 0.1) is 113 Å². The molecular formula is C55H64Ar3F6O16. The van der Waals surface area contributed by atoms with Gasteiger partial charge in [0.15, 0.2) is 16.8 Å². The molecule has 0 radical (unpaired) electrons. The Labute approximate surface area is 550 Å². The average Bonchev–Trinajstić information content (AvgIpc) is 3.37. The van der Waals surface area contributed by atoms with E-state index in [9.17, 15) is 70.7 Å². The normalized spacial score (nSPS) is 13.0. The Hall–Kier alpha value is -3.75. The van der Waals surface area contributed by atoms with Gasteiger partial charge >= 0.3 is 42.2 Å². The van der Waals surface area contributed by atoms with Crippen LogP contribution in [0.2, 0.25) is 0 Å². The molecule has 0 heterocycles. The van der Waals surface area contributed by atoms with Gasteiger partial charge in [-0.3, -0.25) is 0 Å². The largest absolute Gasteiger partial charge is 0.508 e. The summed E-state index contributed by atoms with van der Waals surface area (Å²) in [6, 6.07) is 39.9. The zero-order valence-electron chi connectivity index (χ0n) is 43.3. The number of aromatic hydroxyl groups is 1. The molecule has 16 nitrogen and oxygen atoms in total. The third-order valence-electron chi connectivity index (χ3n) is 9.95. The van der Waals surface area contributed by atoms with Crippen LogP contribution in [0.5, 0.6) is 17.2 Å². The summed E-state index contributed by atoms with van der Waals surface area (Å²) < 4.78 is 95.5. The minimum Gasteiger partial charge on any atom is -0.508 e. The van der Waals surface area contributed by atoms with Crippen LogP contribution in [0.4, 0.5) is 26.3 Å². The number of phenolic OH excluding ortho intramolecular Hbond substituents is 1. The van der Waals surface area contributed by atoms with Gasteiger partial charge in [0.05, 0.1) is 19.8 Å². The van der Waals surface area contributed by atoms with Crippen LogP contribution >= 0.6 is 0 Å². The monoisotopic (exact) mass is 1210 g/mol. The summed E-state index contributed by atoms with van der Waals surface area (Å²) in [6.07, 6.45) is -12.3. The first-order valence-electron chi connectivity index (χ1n) is 23.0. The maximum Gasteiger partial charge on any atom is 0.491 e. The first-order valence-corrected chi connectivity index (χ1v) is 23.0. The molecule has 0 spiro atoms. The van der Waals surface area contributed by atoms with Crippen LogP contribution in [0.25, 0.3) is 0 Å². The minimum atomic E-state index is -5.62. The van der Waals surface area contributed by atoms with Crippen molar-refractivity contribution in [2.75, 3.05) is 19.8 Å². The number of ether oxygens (including phenoxy) is 6. The predicted molar refractivity (Wildman–Crippen MR) is 267 cm³/mol. The van der Waals surface area contributed by atoms with Crippen molar-refractivity contribution in [1.82, 2.24) is 0 Å². The van der Waals surface area contributed by atoms with Crippen LogP contribution in [-0.4, -0.2) is 104 Å². The summed E-state index contributed by atoms with van der Waals surface area (Å²) in [4.78, 5) is 54.2. The first kappa shape index (κ1) is 80.5. The zero-order chi connectivity index (χ0) is 57.3. The maximum absolute atomic E-state index is 11.7. The SMILES string of the molecule is C.CCOC(=O)C(C)(O)C(O)c1ccc(OCc2ccccc2)cc1.CCOC(=O)C(C)(O)Cc1ccc(O)cc1.CCOC(=O)C(C)(O)Cc1ccc(OCc2ccccc2)cc1.O=C(OC(=O)C(F)(F)F)C(F)(F)F.[Ar].[Ar].[Ar]. The van der Waals surface area contributed by atoms with Crippen molar-refractivity contribution in [2.45, 2.75) is 110 Å². The van der Waals surface area contributed by atoms with Gasteiger partial charge in [-0.05, 0) is 106 Å². The van der Waals surface area contributed by atoms with Crippen molar-refractivity contribution in [2.24, 2.45) is 0 Å². The molecule has 4 atom stereocenters. The van der Waals surface area contributed by atoms with Crippen molar-refractivity contribution in [3.8, 4) is 17.2 Å². The van der Waals surface area contributed by atoms with Gasteiger partial charge in [0.2, 0.25) is 0 Å². The molecule has 5 rings (SSSR count). The number of benzene rings is 5. The Bertz CT molecular complexity index is 2550. The van der Waals surface area contributed by atoms with Crippen molar-refractivity contribution in [1.29, 1.82) is 0 Å². The number of aliphatic hydroxyl groups excluding tert-OH is 1. The molecule has 4 unspecified atom stereocenters. The Morgan fingerprint density at radius 2 is 0.775 bits per heavy atom. The van der Waals surface area contributed by atoms with Crippen molar-refractivity contribution < 1.29 is 217 Å². The summed E-state index contributed by atoms with van der Waals surface area (Å²) in [5.74, 6) is -6.97. The van der Waals surface area contributed by atoms with E-state index in [-0.39, 0.29) is 159 Å². The number of alkyl halides is 6. The van der Waals surface area contributed by atoms with Gasteiger partial charge in [-0.15, -0.1) is 0 Å². The first-order chi connectivity index (χ1) is 35.5. The molecule has 0 amide bonds. The number of hydrogen-bond donors (Lipinski definition) is 5. The molecule has 5 N–H and O–H groups in total. The molecule has 0 fully saturated rings. The van der Waals surface area contributed by atoms with Crippen molar-refractivity contribution in [3.63, 3.8) is 0 Å². The summed E-state index contributed by atoms with van der Waals surface area (Å²) in [7, 11) is 0. The molecule has 0 aliphatic heterocycles. The number of halogens is 6. The summed E-state index contributed by atoms with van der Waals surface area (Å²) >= 11 is 0. The summed E-state index contributed by atoms with van der Waals surface area (Å²) in [6.45, 7) is 10.7. The number of carbonyl (C=O) groups is 5. The van der Waals surface area contributed by atoms with Crippen LogP contribution in [0.3, 0.4) is 0 Å². The standard InChI is InChI=1S/C19H22O5.C19H22O4.C12H16O4.C4F6O3.CH4.3Ar/c1-3-23-18(21)19(2,22)17(20)15-9-11-16(12-10-15)24-13-14-7-5-4-6-8-14;1-3-22-18(20)19(2,21)13-15-9-11-17(12-10-15)23-14-16-7-5-4-6-8-16;1-3-16-11(14)12(2,15)8-9-4-6-10(13)7-5-9;5-3(6,7)1(11)13-2(12)4(8,9)10;;;;/h4-12,17,20,22H,3,13H2,1-2H3;4-12,21H,3,13-14H2,1-2H3;4-7,13,15H,3,8H2,1-2H3;;1H4;;;. The Morgan fingerprint density at radius 1 is 0.463 bits per heavy atom. The number of esters is 5. The number of phenols is 1. The van der Waals surface area contributed by atoms with Crippen molar-refractivity contribution in [3.05, 3.63) is 161 Å². The number of rotatable bonds is 18. The molecule has 446 valence electrons. The van der Waals surface area contributed by atoms with E-state index in [2.05, 4.69) is 4.74 Å². The van der Waals surface area contributed by atoms with Gasteiger partial charge in [0.1, 0.15) is 36.6 Å². The van der Waals surface area contributed by atoms with Gasteiger partial charge in [0, 0.05) is 126 Å². The number of carbonyl (C=O) groups excluding carboxylic acids is 5. The van der Waals surface area contributed by atoms with Gasteiger partial charge in [-0.1, -0.05) is 104 Å². The van der Waals surface area contributed by atoms with E-state index in [0.717, 1.165) is 28.0 Å². The zero-order valence-corrected chi connectivity index (χ0v) is 45.4. The molecule has 80 heavy (non-hydrogen) atoms. The Kier molecular flexibility index (Phi) is 39.1. The second-order valence-corrected chi connectivity index (χ2v) is 16.7. The topological polar surface area (TPSA) is 242 Å². The van der Waals surface area contributed by atoms with Crippen LogP contribution in [0.15, 0.2) is 133 Å². The molecule has 5 aromatic carbocycles. The van der Waals surface area contributed by atoms with Crippen LogP contribution in [0.1, 0.15) is 82.9 Å². The molecule has 0 bridgehead atoms. The molecule has 0 aliphatic rings. The molecule has 25 heteroatoms. The number of aliphatic hydroxyl groups is 4. The van der Waals surface area contributed by atoms with Gasteiger partial charge in [0.25, 0.3) is 0 Å². The molecule has 0 aliphatic carbocycles. The van der Waals surface area contributed by atoms with E-state index in [1.807, 2.05) is 84.9 Å². The summed E-state index contributed by atoms with van der Waals surface area (Å²) in [5.41, 5.74) is -0.919. The fourth-order valence-corrected chi connectivity index (χ4v) is 5.97. The molecule has 0 saturated heterocycles. The molecular weight excluding hydrogens is 1150 g/mol. The molecule has 5 aromatic rings. The van der Waals surface area contributed by atoms with E-state index in [1.54, 1.807) is 57.2 Å². The van der Waals surface area contributed by atoms with E-state index >= 15 is 0 Å².